The highest BCUT2D eigenvalue weighted by molar-refractivity contribution is 6.08. The van der Waals surface area contributed by atoms with E-state index in [4.69, 9.17) is 9.47 Å². The van der Waals surface area contributed by atoms with E-state index in [1.807, 2.05) is 54.6 Å². The summed E-state index contributed by atoms with van der Waals surface area (Å²) in [5.41, 5.74) is 1.91. The van der Waals surface area contributed by atoms with E-state index < -0.39 is 0 Å². The fraction of sp³-hybridized carbons (Fsp3) is 0.217. The normalized spacial score (nSPS) is 14.6. The van der Waals surface area contributed by atoms with E-state index in [9.17, 15) is 9.59 Å². The maximum atomic E-state index is 13.0. The van der Waals surface area contributed by atoms with Crippen molar-refractivity contribution in [2.75, 3.05) is 12.1 Å². The predicted octanol–water partition coefficient (Wildman–Crippen LogP) is 3.85. The molecule has 3 aromatic carbocycles. The Morgan fingerprint density at radius 3 is 2.48 bits per heavy atom. The number of anilines is 1. The summed E-state index contributed by atoms with van der Waals surface area (Å²) in [5.74, 6) is 1.19. The Bertz CT molecular complexity index is 1120. The molecule has 0 radical (unpaired) electrons. The molecule has 3 aromatic rings. The Labute approximate surface area is 167 Å². The van der Waals surface area contributed by atoms with Gasteiger partial charge in [0.1, 0.15) is 0 Å². The van der Waals surface area contributed by atoms with E-state index in [1.54, 1.807) is 0 Å². The summed E-state index contributed by atoms with van der Waals surface area (Å²) >= 11 is 0. The van der Waals surface area contributed by atoms with Gasteiger partial charge in [-0.2, -0.15) is 0 Å². The van der Waals surface area contributed by atoms with Gasteiger partial charge in [-0.25, -0.2) is 0 Å². The summed E-state index contributed by atoms with van der Waals surface area (Å²) < 4.78 is 10.7. The van der Waals surface area contributed by atoms with Crippen LogP contribution in [-0.2, 0) is 11.3 Å². The molecule has 6 heteroatoms. The van der Waals surface area contributed by atoms with Crippen molar-refractivity contribution in [2.24, 2.45) is 5.92 Å². The van der Waals surface area contributed by atoms with Crippen LogP contribution in [0.15, 0.2) is 54.6 Å². The maximum absolute atomic E-state index is 13.0. The van der Waals surface area contributed by atoms with Gasteiger partial charge in [0.15, 0.2) is 11.5 Å². The lowest BCUT2D eigenvalue weighted by molar-refractivity contribution is -0.117. The molecular formula is C23H20N2O4. The molecule has 2 aliphatic rings. The molecular weight excluding hydrogens is 368 g/mol. The molecule has 2 N–H and O–H groups in total. The Morgan fingerprint density at radius 1 is 0.931 bits per heavy atom. The molecule has 0 spiro atoms. The highest BCUT2D eigenvalue weighted by atomic mass is 16.7. The molecule has 0 saturated heterocycles. The third kappa shape index (κ3) is 3.61. The number of benzene rings is 3. The monoisotopic (exact) mass is 388 g/mol. The molecule has 0 unspecified atom stereocenters. The van der Waals surface area contributed by atoms with Gasteiger partial charge < -0.3 is 20.1 Å². The minimum absolute atomic E-state index is 0.0231. The lowest BCUT2D eigenvalue weighted by Crippen LogP contribution is -2.25. The molecule has 1 aliphatic carbocycles. The fourth-order valence-electron chi connectivity index (χ4n) is 3.44. The van der Waals surface area contributed by atoms with Gasteiger partial charge in [-0.3, -0.25) is 9.59 Å². The SMILES string of the molecule is O=C(NCc1ccc2c(c1)OCO2)c1cc2ccccc2cc1NC(=O)C1CC1. The van der Waals surface area contributed by atoms with Gasteiger partial charge in [0, 0.05) is 12.5 Å². The van der Waals surface area contributed by atoms with Gasteiger partial charge in [-0.05, 0) is 53.4 Å². The Balaban J connectivity index is 1.39. The molecule has 6 nitrogen and oxygen atoms in total. The van der Waals surface area contributed by atoms with Gasteiger partial charge in [0.2, 0.25) is 12.7 Å². The van der Waals surface area contributed by atoms with Crippen LogP contribution in [-0.4, -0.2) is 18.6 Å². The van der Waals surface area contributed by atoms with Crippen LogP contribution >= 0.6 is 0 Å². The number of amides is 2. The van der Waals surface area contributed by atoms with Crippen molar-refractivity contribution in [3.8, 4) is 11.5 Å². The van der Waals surface area contributed by atoms with Crippen LogP contribution in [0.1, 0.15) is 28.8 Å². The van der Waals surface area contributed by atoms with E-state index in [1.165, 1.54) is 0 Å². The summed E-state index contributed by atoms with van der Waals surface area (Å²) in [6.45, 7) is 0.560. The molecule has 1 saturated carbocycles. The molecule has 5 rings (SSSR count). The largest absolute Gasteiger partial charge is 0.454 e. The summed E-state index contributed by atoms with van der Waals surface area (Å²) in [6, 6.07) is 17.1. The van der Waals surface area contributed by atoms with Gasteiger partial charge >= 0.3 is 0 Å². The molecule has 0 bridgehead atoms. The minimum Gasteiger partial charge on any atom is -0.454 e. The number of fused-ring (bicyclic) bond motifs is 2. The van der Waals surface area contributed by atoms with Crippen LogP contribution in [0.2, 0.25) is 0 Å². The average molecular weight is 388 g/mol. The number of hydrogen-bond acceptors (Lipinski definition) is 4. The Morgan fingerprint density at radius 2 is 1.69 bits per heavy atom. The number of hydrogen-bond donors (Lipinski definition) is 2. The van der Waals surface area contributed by atoms with Crippen LogP contribution in [0, 0.1) is 5.92 Å². The van der Waals surface area contributed by atoms with E-state index in [2.05, 4.69) is 10.6 Å². The second kappa shape index (κ2) is 7.13. The zero-order valence-electron chi connectivity index (χ0n) is 15.7. The van der Waals surface area contributed by atoms with Crippen molar-refractivity contribution in [2.45, 2.75) is 19.4 Å². The summed E-state index contributed by atoms with van der Waals surface area (Å²) in [7, 11) is 0. The number of ether oxygens (including phenoxy) is 2. The van der Waals surface area contributed by atoms with E-state index in [0.717, 1.165) is 29.2 Å². The van der Waals surface area contributed by atoms with Crippen molar-refractivity contribution < 1.29 is 19.1 Å². The van der Waals surface area contributed by atoms with E-state index >= 15 is 0 Å². The van der Waals surface area contributed by atoms with Gasteiger partial charge in [0.25, 0.3) is 5.91 Å². The molecule has 1 fully saturated rings. The van der Waals surface area contributed by atoms with Crippen LogP contribution in [0.3, 0.4) is 0 Å². The second-order valence-corrected chi connectivity index (χ2v) is 7.38. The topological polar surface area (TPSA) is 76.7 Å². The molecule has 146 valence electrons. The molecule has 1 heterocycles. The first-order valence-electron chi connectivity index (χ1n) is 9.68. The van der Waals surface area contributed by atoms with Crippen LogP contribution in [0.4, 0.5) is 5.69 Å². The minimum atomic E-state index is -0.237. The molecule has 1 aliphatic heterocycles. The molecule has 0 atom stereocenters. The maximum Gasteiger partial charge on any atom is 0.253 e. The number of rotatable bonds is 5. The van der Waals surface area contributed by atoms with Crippen molar-refractivity contribution in [3.63, 3.8) is 0 Å². The summed E-state index contributed by atoms with van der Waals surface area (Å²) in [6.07, 6.45) is 1.82. The van der Waals surface area contributed by atoms with Crippen LogP contribution in [0.25, 0.3) is 10.8 Å². The van der Waals surface area contributed by atoms with Gasteiger partial charge in [0.05, 0.1) is 11.3 Å². The zero-order valence-corrected chi connectivity index (χ0v) is 15.7. The van der Waals surface area contributed by atoms with Crippen molar-refractivity contribution in [1.82, 2.24) is 5.32 Å². The standard InChI is InChI=1S/C23H20N2O4/c26-22(15-6-7-15)25-19-11-17-4-2-1-3-16(17)10-18(19)23(27)24-12-14-5-8-20-21(9-14)29-13-28-20/h1-5,8-11,15H,6-7,12-13H2,(H,24,27)(H,25,26). The lowest BCUT2D eigenvalue weighted by Gasteiger charge is -2.13. The van der Waals surface area contributed by atoms with Crippen molar-refractivity contribution in [1.29, 1.82) is 0 Å². The second-order valence-electron chi connectivity index (χ2n) is 7.38. The number of carbonyl (C=O) groups is 2. The van der Waals surface area contributed by atoms with Crippen LogP contribution < -0.4 is 20.1 Å². The van der Waals surface area contributed by atoms with Gasteiger partial charge in [-0.15, -0.1) is 0 Å². The first-order valence-corrected chi connectivity index (χ1v) is 9.68. The van der Waals surface area contributed by atoms with E-state index in [0.29, 0.717) is 29.3 Å². The average Bonchev–Trinajstić information content (AvgIpc) is 3.49. The van der Waals surface area contributed by atoms with E-state index in [-0.39, 0.29) is 24.5 Å². The molecule has 2 amide bonds. The highest BCUT2D eigenvalue weighted by Gasteiger charge is 2.30. The first kappa shape index (κ1) is 17.6. The Hall–Kier alpha value is -3.54. The number of carbonyl (C=O) groups excluding carboxylic acids is 2. The first-order chi connectivity index (χ1) is 14.2. The van der Waals surface area contributed by atoms with Crippen LogP contribution in [0.5, 0.6) is 11.5 Å². The summed E-state index contributed by atoms with van der Waals surface area (Å²) in [4.78, 5) is 25.3. The lowest BCUT2D eigenvalue weighted by atomic mass is 10.0. The fourth-order valence-corrected chi connectivity index (χ4v) is 3.44. The molecule has 29 heavy (non-hydrogen) atoms. The highest BCUT2D eigenvalue weighted by Crippen LogP contribution is 2.33. The zero-order chi connectivity index (χ0) is 19.8. The third-order valence-corrected chi connectivity index (χ3v) is 5.23. The third-order valence-electron chi connectivity index (χ3n) is 5.23. The van der Waals surface area contributed by atoms with Crippen molar-refractivity contribution in [3.05, 3.63) is 65.7 Å². The summed E-state index contributed by atoms with van der Waals surface area (Å²) in [5, 5.41) is 7.81. The Kier molecular flexibility index (Phi) is 4.31. The molecule has 0 aromatic heterocycles. The quantitative estimate of drug-likeness (QED) is 0.696. The number of nitrogens with one attached hydrogen (secondary N) is 2. The predicted molar refractivity (Wildman–Crippen MR) is 109 cm³/mol. The van der Waals surface area contributed by atoms with Crippen molar-refractivity contribution >= 4 is 28.3 Å². The van der Waals surface area contributed by atoms with Gasteiger partial charge in [-0.1, -0.05) is 30.3 Å². The smallest absolute Gasteiger partial charge is 0.253 e.